The lowest BCUT2D eigenvalue weighted by molar-refractivity contribution is 0.0226. The van der Waals surface area contributed by atoms with Gasteiger partial charge in [-0.2, -0.15) is 0 Å². The molecular formula is C28H38O2. The van der Waals surface area contributed by atoms with Gasteiger partial charge in [-0.3, -0.25) is 0 Å². The van der Waals surface area contributed by atoms with Gasteiger partial charge in [-0.25, -0.2) is 0 Å². The largest absolute Gasteiger partial charge is 0.508 e. The van der Waals surface area contributed by atoms with Gasteiger partial charge >= 0.3 is 0 Å². The Kier molecular flexibility index (Phi) is 4.93. The van der Waals surface area contributed by atoms with Crippen LogP contribution in [0.25, 0.3) is 0 Å². The maximum atomic E-state index is 10.2. The molecule has 0 saturated heterocycles. The number of rotatable bonds is 3. The Bertz CT molecular complexity index is 896. The molecule has 4 aliphatic rings. The highest BCUT2D eigenvalue weighted by atomic mass is 16.3. The zero-order chi connectivity index (χ0) is 21.1. The van der Waals surface area contributed by atoms with Crippen LogP contribution >= 0.6 is 0 Å². The summed E-state index contributed by atoms with van der Waals surface area (Å²) in [5.74, 6) is 2.34. The van der Waals surface area contributed by atoms with Crippen molar-refractivity contribution in [3.63, 3.8) is 0 Å². The molecule has 2 unspecified atom stereocenters. The lowest BCUT2D eigenvalue weighted by Crippen LogP contribution is -2.44. The first kappa shape index (κ1) is 20.4. The van der Waals surface area contributed by atoms with Crippen molar-refractivity contribution in [2.45, 2.75) is 84.7 Å². The van der Waals surface area contributed by atoms with Gasteiger partial charge in [-0.15, -0.1) is 0 Å². The molecule has 1 fully saturated rings. The summed E-state index contributed by atoms with van der Waals surface area (Å²) in [7, 11) is 0. The van der Waals surface area contributed by atoms with Gasteiger partial charge in [0.05, 0.1) is 6.10 Å². The van der Waals surface area contributed by atoms with Crippen molar-refractivity contribution in [2.75, 3.05) is 0 Å². The van der Waals surface area contributed by atoms with Crippen LogP contribution in [0.3, 0.4) is 0 Å². The number of phenolic OH excluding ortho intramolecular Hbond substituents is 1. The predicted octanol–water partition coefficient (Wildman–Crippen LogP) is 6.57. The van der Waals surface area contributed by atoms with Crippen LogP contribution in [0.4, 0.5) is 0 Å². The van der Waals surface area contributed by atoms with Gasteiger partial charge in [0.2, 0.25) is 0 Å². The smallest absolute Gasteiger partial charge is 0.115 e. The maximum absolute atomic E-state index is 10.2. The quantitative estimate of drug-likeness (QED) is 0.595. The molecule has 0 aromatic heterocycles. The van der Waals surface area contributed by atoms with Gasteiger partial charge < -0.3 is 10.2 Å². The molecule has 30 heavy (non-hydrogen) atoms. The van der Waals surface area contributed by atoms with Gasteiger partial charge in [-0.05, 0) is 115 Å². The standard InChI is InChI=1S/C28H38O2/c1-18(15-19-5-4-6-21(29)16-19)24-9-10-25-23-8-7-20-17-22(30)11-13-27(20,2)26(23)12-14-28(24,25)3/h4-6,10,16,18,20,22,24,29-30H,7-9,11-15,17H2,1-3H3/t18-,20?,22?,24-,27+,28-/m1/s1. The molecule has 0 spiro atoms. The van der Waals surface area contributed by atoms with Crippen molar-refractivity contribution in [1.29, 1.82) is 0 Å². The number of hydrogen-bond donors (Lipinski definition) is 2. The van der Waals surface area contributed by atoms with Crippen LogP contribution in [0.5, 0.6) is 5.75 Å². The Morgan fingerprint density at radius 2 is 1.93 bits per heavy atom. The molecule has 2 N–H and O–H groups in total. The van der Waals surface area contributed by atoms with Crippen molar-refractivity contribution >= 4 is 0 Å². The van der Waals surface area contributed by atoms with E-state index in [0.717, 1.165) is 19.3 Å². The van der Waals surface area contributed by atoms with Crippen LogP contribution in [0.15, 0.2) is 47.1 Å². The van der Waals surface area contributed by atoms with E-state index in [9.17, 15) is 10.2 Å². The Hall–Kier alpha value is -1.54. The third-order valence-electron chi connectivity index (χ3n) is 9.64. The second-order valence-corrected chi connectivity index (χ2v) is 11.3. The molecule has 0 amide bonds. The van der Waals surface area contributed by atoms with Crippen molar-refractivity contribution in [3.05, 3.63) is 52.6 Å². The third-order valence-corrected chi connectivity index (χ3v) is 9.64. The van der Waals surface area contributed by atoms with Gasteiger partial charge in [0, 0.05) is 0 Å². The van der Waals surface area contributed by atoms with Crippen molar-refractivity contribution in [1.82, 2.24) is 0 Å². The maximum Gasteiger partial charge on any atom is 0.115 e. The number of aliphatic hydroxyl groups excluding tert-OH is 1. The topological polar surface area (TPSA) is 40.5 Å². The molecule has 4 aliphatic carbocycles. The van der Waals surface area contributed by atoms with Gasteiger partial charge in [0.1, 0.15) is 5.75 Å². The first-order chi connectivity index (χ1) is 14.3. The van der Waals surface area contributed by atoms with E-state index in [1.54, 1.807) is 22.8 Å². The fraction of sp³-hybridized carbons (Fsp3) is 0.643. The van der Waals surface area contributed by atoms with Gasteiger partial charge in [0.25, 0.3) is 0 Å². The number of allylic oxidation sites excluding steroid dienone is 4. The molecule has 2 nitrogen and oxygen atoms in total. The van der Waals surface area contributed by atoms with E-state index in [1.807, 2.05) is 12.1 Å². The fourth-order valence-corrected chi connectivity index (χ4v) is 7.93. The van der Waals surface area contributed by atoms with Crippen LogP contribution in [0.2, 0.25) is 0 Å². The average molecular weight is 407 g/mol. The normalized spacial score (nSPS) is 39.1. The van der Waals surface area contributed by atoms with E-state index < -0.39 is 0 Å². The van der Waals surface area contributed by atoms with E-state index >= 15 is 0 Å². The minimum atomic E-state index is -0.0765. The molecule has 1 saturated carbocycles. The summed E-state index contributed by atoms with van der Waals surface area (Å²) in [5, 5.41) is 20.1. The molecule has 1 aromatic rings. The molecule has 162 valence electrons. The zero-order valence-electron chi connectivity index (χ0n) is 19.0. The molecule has 5 rings (SSSR count). The molecular weight excluding hydrogens is 368 g/mol. The highest BCUT2D eigenvalue weighted by Gasteiger charge is 2.52. The van der Waals surface area contributed by atoms with Crippen molar-refractivity contribution < 1.29 is 10.2 Å². The fourth-order valence-electron chi connectivity index (χ4n) is 7.93. The minimum absolute atomic E-state index is 0.0765. The molecule has 0 radical (unpaired) electrons. The number of aliphatic hydroxyl groups is 1. The second kappa shape index (κ2) is 7.26. The number of benzene rings is 1. The monoisotopic (exact) mass is 406 g/mol. The highest BCUT2D eigenvalue weighted by Crippen LogP contribution is 2.64. The van der Waals surface area contributed by atoms with Gasteiger partial charge in [0.15, 0.2) is 0 Å². The summed E-state index contributed by atoms with van der Waals surface area (Å²) < 4.78 is 0. The zero-order valence-corrected chi connectivity index (χ0v) is 19.0. The SMILES string of the molecule is C[C@H](Cc1cccc(O)c1)[C@H]1CC=C2C3=C(CC[C@@]21C)[C@@]1(C)CCC(O)CC1CC3. The molecule has 0 bridgehead atoms. The summed E-state index contributed by atoms with van der Waals surface area (Å²) in [6, 6.07) is 7.82. The lowest BCUT2D eigenvalue weighted by atomic mass is 9.51. The number of hydrogen-bond acceptors (Lipinski definition) is 2. The molecule has 1 aromatic carbocycles. The molecule has 0 heterocycles. The Morgan fingerprint density at radius 1 is 1.10 bits per heavy atom. The van der Waals surface area contributed by atoms with Gasteiger partial charge in [-0.1, -0.05) is 44.6 Å². The third kappa shape index (κ3) is 3.09. The molecule has 6 atom stereocenters. The molecule has 2 heteroatoms. The van der Waals surface area contributed by atoms with Crippen LogP contribution in [-0.4, -0.2) is 16.3 Å². The van der Waals surface area contributed by atoms with E-state index in [2.05, 4.69) is 32.9 Å². The van der Waals surface area contributed by atoms with Crippen molar-refractivity contribution in [2.24, 2.45) is 28.6 Å². The molecule has 0 aliphatic heterocycles. The minimum Gasteiger partial charge on any atom is -0.508 e. The predicted molar refractivity (Wildman–Crippen MR) is 122 cm³/mol. The summed E-state index contributed by atoms with van der Waals surface area (Å²) >= 11 is 0. The van der Waals surface area contributed by atoms with Crippen LogP contribution in [0.1, 0.15) is 77.7 Å². The number of aromatic hydroxyl groups is 1. The number of phenols is 1. The first-order valence-corrected chi connectivity index (χ1v) is 12.2. The second-order valence-electron chi connectivity index (χ2n) is 11.3. The summed E-state index contributed by atoms with van der Waals surface area (Å²) in [4.78, 5) is 0. The summed E-state index contributed by atoms with van der Waals surface area (Å²) in [5.41, 5.74) is 7.03. The Morgan fingerprint density at radius 3 is 2.73 bits per heavy atom. The van der Waals surface area contributed by atoms with E-state index in [4.69, 9.17) is 0 Å². The van der Waals surface area contributed by atoms with Crippen LogP contribution in [0, 0.1) is 28.6 Å². The Labute approximate surface area is 182 Å². The Balaban J connectivity index is 1.40. The average Bonchev–Trinajstić information content (AvgIpc) is 3.06. The highest BCUT2D eigenvalue weighted by molar-refractivity contribution is 5.49. The van der Waals surface area contributed by atoms with Crippen molar-refractivity contribution in [3.8, 4) is 5.75 Å². The summed E-state index contributed by atoms with van der Waals surface area (Å²) in [6.45, 7) is 7.47. The van der Waals surface area contributed by atoms with E-state index in [0.29, 0.717) is 34.3 Å². The first-order valence-electron chi connectivity index (χ1n) is 12.2. The lowest BCUT2D eigenvalue weighted by Gasteiger charge is -2.54. The number of fused-ring (bicyclic) bond motifs is 4. The van der Waals surface area contributed by atoms with E-state index in [1.165, 1.54) is 44.1 Å². The van der Waals surface area contributed by atoms with E-state index in [-0.39, 0.29) is 6.10 Å². The summed E-state index contributed by atoms with van der Waals surface area (Å²) in [6.07, 6.45) is 12.9. The van der Waals surface area contributed by atoms with Crippen LogP contribution < -0.4 is 0 Å². The van der Waals surface area contributed by atoms with Crippen LogP contribution in [-0.2, 0) is 6.42 Å².